The monoisotopic (exact) mass is 357 g/mol. The van der Waals surface area contributed by atoms with Gasteiger partial charge in [-0.15, -0.1) is 0 Å². The number of rotatable bonds is 3. The highest BCUT2D eigenvalue weighted by atomic mass is 19.1. The number of carbonyl (C=O) groups excluding carboxylic acids is 1. The van der Waals surface area contributed by atoms with Crippen molar-refractivity contribution in [2.45, 2.75) is 18.9 Å². The van der Waals surface area contributed by atoms with Crippen molar-refractivity contribution < 1.29 is 9.18 Å². The van der Waals surface area contributed by atoms with Crippen LogP contribution in [0.2, 0.25) is 0 Å². The second-order valence-corrected chi connectivity index (χ2v) is 6.99. The highest BCUT2D eigenvalue weighted by Crippen LogP contribution is 2.25. The molecule has 4 rings (SSSR count). The molecule has 0 spiro atoms. The Kier molecular flexibility index (Phi) is 4.63. The van der Waals surface area contributed by atoms with Crippen molar-refractivity contribution in [2.24, 2.45) is 7.05 Å². The zero-order chi connectivity index (χ0) is 18.1. The quantitative estimate of drug-likeness (QED) is 0.841. The van der Waals surface area contributed by atoms with Crippen molar-refractivity contribution in [1.82, 2.24) is 14.5 Å². The Morgan fingerprint density at radius 3 is 2.65 bits per heavy atom. The predicted octanol–water partition coefficient (Wildman–Crippen LogP) is 1.88. The third kappa shape index (κ3) is 3.19. The molecule has 2 fully saturated rings. The Hall–Kier alpha value is -2.41. The van der Waals surface area contributed by atoms with Crippen LogP contribution in [0.3, 0.4) is 0 Å². The van der Waals surface area contributed by atoms with Crippen LogP contribution in [-0.2, 0) is 11.8 Å². The van der Waals surface area contributed by atoms with E-state index in [0.717, 1.165) is 45.0 Å². The predicted molar refractivity (Wildman–Crippen MR) is 98.8 cm³/mol. The lowest BCUT2D eigenvalue weighted by Crippen LogP contribution is -2.58. The van der Waals surface area contributed by atoms with Gasteiger partial charge in [-0.1, -0.05) is 6.07 Å². The second-order valence-electron chi connectivity index (χ2n) is 6.99. The van der Waals surface area contributed by atoms with E-state index in [-0.39, 0.29) is 17.8 Å². The van der Waals surface area contributed by atoms with Crippen LogP contribution < -0.4 is 9.80 Å². The van der Waals surface area contributed by atoms with E-state index in [4.69, 9.17) is 0 Å². The number of aromatic nitrogens is 2. The van der Waals surface area contributed by atoms with Crippen molar-refractivity contribution in [3.63, 3.8) is 0 Å². The van der Waals surface area contributed by atoms with Crippen molar-refractivity contribution in [1.29, 1.82) is 0 Å². The van der Waals surface area contributed by atoms with Crippen LogP contribution in [0.25, 0.3) is 0 Å². The third-order valence-corrected chi connectivity index (χ3v) is 5.36. The zero-order valence-electron chi connectivity index (χ0n) is 15.0. The number of amides is 1. The molecule has 2 aromatic rings. The number of halogens is 1. The van der Waals surface area contributed by atoms with Gasteiger partial charge >= 0.3 is 0 Å². The summed E-state index contributed by atoms with van der Waals surface area (Å²) in [6.45, 7) is 4.04. The van der Waals surface area contributed by atoms with Crippen LogP contribution in [0.15, 0.2) is 36.7 Å². The zero-order valence-corrected chi connectivity index (χ0v) is 15.0. The van der Waals surface area contributed by atoms with Gasteiger partial charge < -0.3 is 14.4 Å². The summed E-state index contributed by atoms with van der Waals surface area (Å²) in [7, 11) is 2.00. The van der Waals surface area contributed by atoms with E-state index >= 15 is 0 Å². The highest BCUT2D eigenvalue weighted by molar-refractivity contribution is 5.97. The molecule has 0 unspecified atom stereocenters. The summed E-state index contributed by atoms with van der Waals surface area (Å²) >= 11 is 0. The summed E-state index contributed by atoms with van der Waals surface area (Å²) in [6, 6.07) is 6.21. The fraction of sp³-hybridized carbons (Fsp3) is 0.474. The number of nitrogens with zero attached hydrogens (tertiary/aromatic N) is 5. The number of hydrogen-bond acceptors (Lipinski definition) is 4. The Balaban J connectivity index is 1.43. The summed E-state index contributed by atoms with van der Waals surface area (Å²) in [5.41, 5.74) is 0.659. The van der Waals surface area contributed by atoms with E-state index in [1.165, 1.54) is 12.1 Å². The Bertz CT molecular complexity index is 784. The number of piperazine rings is 1. The van der Waals surface area contributed by atoms with Gasteiger partial charge in [0, 0.05) is 57.9 Å². The Morgan fingerprint density at radius 2 is 1.96 bits per heavy atom. The Labute approximate surface area is 152 Å². The van der Waals surface area contributed by atoms with Gasteiger partial charge in [0.25, 0.3) is 0 Å². The van der Waals surface area contributed by atoms with E-state index in [1.807, 2.05) is 30.1 Å². The van der Waals surface area contributed by atoms with Crippen LogP contribution in [0.1, 0.15) is 12.8 Å². The molecule has 1 atom stereocenters. The molecule has 0 bridgehead atoms. The molecule has 0 saturated carbocycles. The molecule has 1 amide bonds. The maximum atomic E-state index is 13.5. The molecule has 3 heterocycles. The first-order chi connectivity index (χ1) is 12.6. The second kappa shape index (κ2) is 7.07. The van der Waals surface area contributed by atoms with Crippen molar-refractivity contribution >= 4 is 17.5 Å². The minimum atomic E-state index is -0.305. The summed E-state index contributed by atoms with van der Waals surface area (Å²) in [5.74, 6) is 0.759. The van der Waals surface area contributed by atoms with Gasteiger partial charge in [-0.25, -0.2) is 9.37 Å². The minimum Gasteiger partial charge on any atom is -0.340 e. The molecule has 2 saturated heterocycles. The largest absolute Gasteiger partial charge is 0.340 e. The van der Waals surface area contributed by atoms with Crippen LogP contribution in [0.5, 0.6) is 0 Å². The fourth-order valence-electron chi connectivity index (χ4n) is 3.99. The van der Waals surface area contributed by atoms with Gasteiger partial charge in [0.1, 0.15) is 5.82 Å². The molecule has 2 aliphatic heterocycles. The van der Waals surface area contributed by atoms with Crippen LogP contribution >= 0.6 is 0 Å². The smallest absolute Gasteiger partial charge is 0.244 e. The van der Waals surface area contributed by atoms with E-state index in [9.17, 15) is 9.18 Å². The first-order valence-electron chi connectivity index (χ1n) is 9.17. The van der Waals surface area contributed by atoms with Gasteiger partial charge in [0.2, 0.25) is 11.9 Å². The highest BCUT2D eigenvalue weighted by Gasteiger charge is 2.35. The molecule has 1 aromatic heterocycles. The molecule has 0 aliphatic carbocycles. The lowest BCUT2D eigenvalue weighted by Gasteiger charge is -2.42. The fourth-order valence-corrected chi connectivity index (χ4v) is 3.99. The summed E-state index contributed by atoms with van der Waals surface area (Å²) in [5, 5.41) is 0. The maximum absolute atomic E-state index is 13.5. The van der Waals surface area contributed by atoms with Crippen molar-refractivity contribution in [3.8, 4) is 0 Å². The number of imidazole rings is 1. The molecule has 1 aromatic carbocycles. The molecule has 6 nitrogen and oxygen atoms in total. The molecule has 0 radical (unpaired) electrons. The van der Waals surface area contributed by atoms with Gasteiger partial charge in [-0.2, -0.15) is 0 Å². The normalized spacial score (nSPS) is 22.1. The summed E-state index contributed by atoms with van der Waals surface area (Å²) in [4.78, 5) is 23.7. The summed E-state index contributed by atoms with van der Waals surface area (Å²) < 4.78 is 15.6. The molecule has 0 N–H and O–H groups in total. The van der Waals surface area contributed by atoms with Gasteiger partial charge in [-0.05, 0) is 31.0 Å². The average molecular weight is 357 g/mol. The molecule has 138 valence electrons. The standard InChI is InChI=1S/C19H24FN5O/c1-22-9-7-21-19(22)24-12-10-23(11-13-24)17-6-3-8-25(18(17)26)16-5-2-4-15(20)14-16/h2,4-5,7,9,14,17H,3,6,8,10-13H2,1H3/t17-/m1/s1. The SMILES string of the molecule is Cn1ccnc1N1CCN([C@@H]2CCCN(c3cccc(F)c3)C2=O)CC1. The molecule has 7 heteroatoms. The average Bonchev–Trinajstić information content (AvgIpc) is 3.08. The third-order valence-electron chi connectivity index (χ3n) is 5.36. The Morgan fingerprint density at radius 1 is 1.15 bits per heavy atom. The number of piperidine rings is 1. The number of hydrogen-bond donors (Lipinski definition) is 0. The van der Waals surface area contributed by atoms with Gasteiger partial charge in [-0.3, -0.25) is 9.69 Å². The molecular formula is C19H24FN5O. The number of anilines is 2. The van der Waals surface area contributed by atoms with Crippen molar-refractivity contribution in [2.75, 3.05) is 42.5 Å². The number of carbonyl (C=O) groups is 1. The van der Waals surface area contributed by atoms with Gasteiger partial charge in [0.15, 0.2) is 0 Å². The van der Waals surface area contributed by atoms with Crippen LogP contribution in [0, 0.1) is 5.82 Å². The summed E-state index contributed by atoms with van der Waals surface area (Å²) in [6.07, 6.45) is 5.56. The first-order valence-corrected chi connectivity index (χ1v) is 9.17. The van der Waals surface area contributed by atoms with Crippen LogP contribution in [-0.4, -0.2) is 59.1 Å². The van der Waals surface area contributed by atoms with Gasteiger partial charge in [0.05, 0.1) is 6.04 Å². The molecule has 26 heavy (non-hydrogen) atoms. The lowest BCUT2D eigenvalue weighted by molar-refractivity contribution is -0.125. The lowest BCUT2D eigenvalue weighted by atomic mass is 10.0. The number of benzene rings is 1. The van der Waals surface area contributed by atoms with Crippen molar-refractivity contribution in [3.05, 3.63) is 42.5 Å². The molecule has 2 aliphatic rings. The molecular weight excluding hydrogens is 333 g/mol. The minimum absolute atomic E-state index is 0.0901. The maximum Gasteiger partial charge on any atom is 0.244 e. The van der Waals surface area contributed by atoms with E-state index in [0.29, 0.717) is 12.2 Å². The van der Waals surface area contributed by atoms with Crippen LogP contribution in [0.4, 0.5) is 16.0 Å². The van der Waals surface area contributed by atoms with E-state index < -0.39 is 0 Å². The number of aryl methyl sites for hydroxylation is 1. The van der Waals surface area contributed by atoms with E-state index in [1.54, 1.807) is 11.0 Å². The first kappa shape index (κ1) is 17.0. The van der Waals surface area contributed by atoms with E-state index in [2.05, 4.69) is 14.8 Å². The topological polar surface area (TPSA) is 44.6 Å².